The smallest absolute Gasteiger partial charge is 0.207 e. The van der Waals surface area contributed by atoms with E-state index in [2.05, 4.69) is 16.0 Å². The van der Waals surface area contributed by atoms with E-state index in [1.807, 2.05) is 24.3 Å². The Morgan fingerprint density at radius 3 is 2.77 bits per heavy atom. The fourth-order valence-corrected chi connectivity index (χ4v) is 3.82. The number of nitrogens with zero attached hydrogens (tertiary/aromatic N) is 1. The molecule has 186 valence electrons. The second-order valence-electron chi connectivity index (χ2n) is 8.11. The van der Waals surface area contributed by atoms with Gasteiger partial charge in [0.1, 0.15) is 11.9 Å². The Kier molecular flexibility index (Phi) is 12.0. The molecule has 1 aromatic rings. The lowest BCUT2D eigenvalue weighted by molar-refractivity contribution is -0.109. The Bertz CT molecular complexity index is 1050. The van der Waals surface area contributed by atoms with Crippen LogP contribution in [0, 0.1) is 22.6 Å². The molecule has 1 aromatic carbocycles. The first-order valence-electron chi connectivity index (χ1n) is 11.8. The highest BCUT2D eigenvalue weighted by Crippen LogP contribution is 2.31. The number of aliphatic hydroxyl groups is 1. The Morgan fingerprint density at radius 1 is 1.26 bits per heavy atom. The van der Waals surface area contributed by atoms with Crippen molar-refractivity contribution in [1.29, 1.82) is 10.7 Å². The molecule has 2 rings (SSSR count). The van der Waals surface area contributed by atoms with Gasteiger partial charge in [0.2, 0.25) is 6.41 Å². The normalized spacial score (nSPS) is 15.4. The molecule has 7 nitrogen and oxygen atoms in total. The molecule has 5 N–H and O–H groups in total. The first-order valence-corrected chi connectivity index (χ1v) is 11.8. The SMILES string of the molecule is CN/C=C1C=C(/C(NCCO)=C(/C=C/CCCCCNC=O)c2ccc(C#N)c(F)c2)CCC/1=N. The lowest BCUT2D eigenvalue weighted by atomic mass is 9.88. The summed E-state index contributed by atoms with van der Waals surface area (Å²) in [6.07, 6.45) is 13.2. The highest BCUT2D eigenvalue weighted by Gasteiger charge is 2.19. The minimum absolute atomic E-state index is 0.0181. The number of unbranched alkanes of at least 4 members (excludes halogenated alkanes) is 3. The van der Waals surface area contributed by atoms with Crippen molar-refractivity contribution in [3.8, 4) is 6.07 Å². The van der Waals surface area contributed by atoms with E-state index in [0.717, 1.165) is 48.1 Å². The standard InChI is InChI=1S/C27H34FN5O2/c1-31-18-23-15-21(10-11-26(23)30)27(33-13-14-34)24(7-5-3-2-4-6-12-32-19-35)20-8-9-22(17-29)25(28)16-20/h5,7-9,15-16,18-19,30-31,33-34H,2-4,6,10-14H2,1H3,(H,32,35)/b7-5+,23-18-,27-24+,30-26?. The number of carbonyl (C=O) groups excluding carboxylic acids is 1. The number of rotatable bonds is 14. The maximum absolute atomic E-state index is 14.6. The van der Waals surface area contributed by atoms with Crippen LogP contribution in [-0.2, 0) is 4.79 Å². The molecule has 0 aromatic heterocycles. The van der Waals surface area contributed by atoms with Crippen molar-refractivity contribution >= 4 is 17.7 Å². The molecular formula is C27H34FN5O2. The van der Waals surface area contributed by atoms with Crippen LogP contribution in [0.1, 0.15) is 49.7 Å². The molecule has 1 aliphatic carbocycles. The summed E-state index contributed by atoms with van der Waals surface area (Å²) in [5.74, 6) is -0.588. The van der Waals surface area contributed by atoms with Crippen molar-refractivity contribution in [1.82, 2.24) is 16.0 Å². The maximum atomic E-state index is 14.6. The number of carbonyl (C=O) groups is 1. The molecule has 1 amide bonds. The first kappa shape index (κ1) is 27.5. The number of halogens is 1. The third-order valence-corrected chi connectivity index (χ3v) is 5.59. The predicted molar refractivity (Wildman–Crippen MR) is 137 cm³/mol. The maximum Gasteiger partial charge on any atom is 0.207 e. The van der Waals surface area contributed by atoms with E-state index < -0.39 is 5.82 Å². The molecule has 0 atom stereocenters. The van der Waals surface area contributed by atoms with Crippen LogP contribution in [-0.4, -0.2) is 44.0 Å². The lowest BCUT2D eigenvalue weighted by Crippen LogP contribution is -2.23. The molecule has 0 aliphatic heterocycles. The Morgan fingerprint density at radius 2 is 2.09 bits per heavy atom. The fraction of sp³-hybridized carbons (Fsp3) is 0.370. The topological polar surface area (TPSA) is 121 Å². The number of allylic oxidation sites excluding steroid dienone is 6. The Hall–Kier alpha value is -3.70. The van der Waals surface area contributed by atoms with Crippen LogP contribution in [0.25, 0.3) is 5.57 Å². The summed E-state index contributed by atoms with van der Waals surface area (Å²) in [4.78, 5) is 10.3. The molecule has 0 saturated carbocycles. The summed E-state index contributed by atoms with van der Waals surface area (Å²) in [6, 6.07) is 6.42. The van der Waals surface area contributed by atoms with E-state index in [4.69, 9.17) is 10.7 Å². The average Bonchev–Trinajstić information content (AvgIpc) is 2.86. The summed E-state index contributed by atoms with van der Waals surface area (Å²) in [5.41, 5.74) is 4.40. The second kappa shape index (κ2) is 15.3. The molecule has 0 saturated heterocycles. The van der Waals surface area contributed by atoms with Crippen LogP contribution >= 0.6 is 0 Å². The summed E-state index contributed by atoms with van der Waals surface area (Å²) < 4.78 is 14.6. The molecule has 0 unspecified atom stereocenters. The molecule has 0 bridgehead atoms. The van der Waals surface area contributed by atoms with Crippen LogP contribution in [0.2, 0.25) is 0 Å². The summed E-state index contributed by atoms with van der Waals surface area (Å²) in [7, 11) is 1.78. The molecule has 0 fully saturated rings. The number of nitrogens with one attached hydrogen (secondary N) is 4. The number of hydrogen-bond acceptors (Lipinski definition) is 6. The van der Waals surface area contributed by atoms with Crippen molar-refractivity contribution in [2.45, 2.75) is 38.5 Å². The van der Waals surface area contributed by atoms with E-state index in [0.29, 0.717) is 43.6 Å². The zero-order chi connectivity index (χ0) is 25.5. The van der Waals surface area contributed by atoms with Crippen molar-refractivity contribution in [3.63, 3.8) is 0 Å². The van der Waals surface area contributed by atoms with Gasteiger partial charge in [-0.3, -0.25) is 4.79 Å². The highest BCUT2D eigenvalue weighted by atomic mass is 19.1. The third kappa shape index (κ3) is 8.54. The summed E-state index contributed by atoms with van der Waals surface area (Å²) >= 11 is 0. The van der Waals surface area contributed by atoms with Gasteiger partial charge in [-0.25, -0.2) is 4.39 Å². The van der Waals surface area contributed by atoms with Gasteiger partial charge in [0.25, 0.3) is 0 Å². The number of amides is 1. The minimum atomic E-state index is -0.588. The quantitative estimate of drug-likeness (QED) is 0.158. The van der Waals surface area contributed by atoms with Crippen molar-refractivity contribution in [2.75, 3.05) is 26.7 Å². The van der Waals surface area contributed by atoms with Gasteiger partial charge in [0, 0.05) is 48.9 Å². The van der Waals surface area contributed by atoms with Crippen LogP contribution < -0.4 is 16.0 Å². The molecular weight excluding hydrogens is 445 g/mol. The van der Waals surface area contributed by atoms with Crippen molar-refractivity contribution in [2.24, 2.45) is 0 Å². The van der Waals surface area contributed by atoms with Crippen molar-refractivity contribution < 1.29 is 14.3 Å². The molecule has 0 radical (unpaired) electrons. The van der Waals surface area contributed by atoms with Gasteiger partial charge < -0.3 is 26.5 Å². The van der Waals surface area contributed by atoms with E-state index in [9.17, 15) is 14.3 Å². The number of hydrogen-bond donors (Lipinski definition) is 5. The summed E-state index contributed by atoms with van der Waals surface area (Å²) in [5, 5.41) is 35.8. The minimum Gasteiger partial charge on any atom is -0.395 e. The zero-order valence-electron chi connectivity index (χ0n) is 20.2. The van der Waals surface area contributed by atoms with Crippen LogP contribution in [0.5, 0.6) is 0 Å². The molecule has 8 heteroatoms. The van der Waals surface area contributed by atoms with Gasteiger partial charge in [-0.1, -0.05) is 24.6 Å². The van der Waals surface area contributed by atoms with E-state index in [1.165, 1.54) is 12.1 Å². The first-order chi connectivity index (χ1) is 17.0. The number of aliphatic hydroxyl groups excluding tert-OH is 1. The molecule has 0 spiro atoms. The van der Waals surface area contributed by atoms with Crippen LogP contribution in [0.15, 0.2) is 59.5 Å². The molecule has 1 aliphatic rings. The zero-order valence-corrected chi connectivity index (χ0v) is 20.2. The van der Waals surface area contributed by atoms with Crippen molar-refractivity contribution in [3.05, 3.63) is 76.4 Å². The highest BCUT2D eigenvalue weighted by molar-refractivity contribution is 6.02. The number of nitriles is 1. The predicted octanol–water partition coefficient (Wildman–Crippen LogP) is 3.70. The average molecular weight is 480 g/mol. The van der Waals surface area contributed by atoms with E-state index in [1.54, 1.807) is 19.3 Å². The molecule has 0 heterocycles. The van der Waals surface area contributed by atoms with Gasteiger partial charge in [0.15, 0.2) is 0 Å². The Balaban J connectivity index is 2.47. The largest absolute Gasteiger partial charge is 0.395 e. The third-order valence-electron chi connectivity index (χ3n) is 5.59. The van der Waals surface area contributed by atoms with Gasteiger partial charge >= 0.3 is 0 Å². The monoisotopic (exact) mass is 479 g/mol. The van der Waals surface area contributed by atoms with Gasteiger partial charge in [0.05, 0.1) is 12.2 Å². The van der Waals surface area contributed by atoms with Gasteiger partial charge in [-0.05, 0) is 61.4 Å². The van der Waals surface area contributed by atoms with E-state index in [-0.39, 0.29) is 12.2 Å². The molecule has 35 heavy (non-hydrogen) atoms. The van der Waals surface area contributed by atoms with Gasteiger partial charge in [-0.2, -0.15) is 5.26 Å². The number of benzene rings is 1. The second-order valence-corrected chi connectivity index (χ2v) is 8.11. The fourth-order valence-electron chi connectivity index (χ4n) is 3.82. The van der Waals surface area contributed by atoms with Gasteiger partial charge in [-0.15, -0.1) is 0 Å². The Labute approximate surface area is 206 Å². The summed E-state index contributed by atoms with van der Waals surface area (Å²) in [6.45, 7) is 0.901. The lowest BCUT2D eigenvalue weighted by Gasteiger charge is -2.23. The van der Waals surface area contributed by atoms with E-state index >= 15 is 0 Å². The van der Waals surface area contributed by atoms with Crippen LogP contribution in [0.4, 0.5) is 4.39 Å². The van der Waals surface area contributed by atoms with Crippen LogP contribution in [0.3, 0.4) is 0 Å².